The minimum absolute atomic E-state index is 0.162. The number of carbonyl (C=O) groups excluding carboxylic acids is 1. The first-order chi connectivity index (χ1) is 10.4. The van der Waals surface area contributed by atoms with Crippen LogP contribution in [0.5, 0.6) is 11.5 Å². The summed E-state index contributed by atoms with van der Waals surface area (Å²) in [5.74, 6) is 0.719. The van der Waals surface area contributed by atoms with Crippen LogP contribution < -0.4 is 15.4 Å². The SMILES string of the molecule is Cc1ccc(NC(=O)NC(C)Oc2ccc(O)cc2)c(Br)c1. The van der Waals surface area contributed by atoms with Crippen LogP contribution in [0.4, 0.5) is 10.5 Å². The van der Waals surface area contributed by atoms with Crippen LogP contribution in [0.2, 0.25) is 0 Å². The fourth-order valence-corrected chi connectivity index (χ4v) is 2.42. The zero-order valence-corrected chi connectivity index (χ0v) is 13.8. The second kappa shape index (κ2) is 7.17. The quantitative estimate of drug-likeness (QED) is 0.717. The molecule has 1 atom stereocenters. The van der Waals surface area contributed by atoms with Gasteiger partial charge in [0, 0.05) is 4.47 Å². The predicted octanol–water partition coefficient (Wildman–Crippen LogP) is 4.01. The van der Waals surface area contributed by atoms with Crippen LogP contribution in [0.1, 0.15) is 12.5 Å². The summed E-state index contributed by atoms with van der Waals surface area (Å²) in [4.78, 5) is 11.9. The van der Waals surface area contributed by atoms with Gasteiger partial charge in [0.15, 0.2) is 6.23 Å². The highest BCUT2D eigenvalue weighted by molar-refractivity contribution is 9.10. The maximum Gasteiger partial charge on any atom is 0.322 e. The van der Waals surface area contributed by atoms with E-state index in [1.807, 2.05) is 25.1 Å². The van der Waals surface area contributed by atoms with Crippen LogP contribution in [-0.2, 0) is 0 Å². The largest absolute Gasteiger partial charge is 0.508 e. The number of hydrogen-bond acceptors (Lipinski definition) is 3. The fraction of sp³-hybridized carbons (Fsp3) is 0.188. The molecule has 0 fully saturated rings. The van der Waals surface area contributed by atoms with Crippen LogP contribution in [0.15, 0.2) is 46.9 Å². The van der Waals surface area contributed by atoms with Gasteiger partial charge < -0.3 is 20.5 Å². The molecule has 0 bridgehead atoms. The van der Waals surface area contributed by atoms with Crippen molar-refractivity contribution in [3.8, 4) is 11.5 Å². The van der Waals surface area contributed by atoms with Gasteiger partial charge in [0.25, 0.3) is 0 Å². The van der Waals surface area contributed by atoms with Gasteiger partial charge in [-0.1, -0.05) is 6.07 Å². The summed E-state index contributed by atoms with van der Waals surface area (Å²) in [6.45, 7) is 3.69. The lowest BCUT2D eigenvalue weighted by molar-refractivity contribution is 0.183. The van der Waals surface area contributed by atoms with E-state index < -0.39 is 6.23 Å². The van der Waals surface area contributed by atoms with Crippen molar-refractivity contribution in [3.63, 3.8) is 0 Å². The topological polar surface area (TPSA) is 70.6 Å². The summed E-state index contributed by atoms with van der Waals surface area (Å²) in [7, 11) is 0. The van der Waals surface area contributed by atoms with Gasteiger partial charge in [-0.15, -0.1) is 0 Å². The number of aryl methyl sites for hydroxylation is 1. The van der Waals surface area contributed by atoms with E-state index in [1.165, 1.54) is 12.1 Å². The molecule has 0 heterocycles. The number of nitrogens with one attached hydrogen (secondary N) is 2. The van der Waals surface area contributed by atoms with E-state index in [4.69, 9.17) is 4.74 Å². The summed E-state index contributed by atoms with van der Waals surface area (Å²) in [6.07, 6.45) is -0.520. The van der Waals surface area contributed by atoms with Crippen LogP contribution in [0, 0.1) is 6.92 Å². The molecule has 0 radical (unpaired) electrons. The van der Waals surface area contributed by atoms with Crippen molar-refractivity contribution in [1.29, 1.82) is 0 Å². The van der Waals surface area contributed by atoms with Gasteiger partial charge in [-0.25, -0.2) is 4.79 Å². The average molecular weight is 365 g/mol. The highest BCUT2D eigenvalue weighted by Crippen LogP contribution is 2.23. The number of hydrogen-bond donors (Lipinski definition) is 3. The van der Waals surface area contributed by atoms with Crippen molar-refractivity contribution in [2.75, 3.05) is 5.32 Å². The summed E-state index contributed by atoms with van der Waals surface area (Å²) >= 11 is 3.40. The second-order valence-electron chi connectivity index (χ2n) is 4.84. The van der Waals surface area contributed by atoms with E-state index in [0.717, 1.165) is 10.0 Å². The van der Waals surface area contributed by atoms with Gasteiger partial charge in [-0.3, -0.25) is 0 Å². The van der Waals surface area contributed by atoms with Crippen LogP contribution >= 0.6 is 15.9 Å². The van der Waals surface area contributed by atoms with Crippen molar-refractivity contribution in [2.45, 2.75) is 20.1 Å². The smallest absolute Gasteiger partial charge is 0.322 e. The molecule has 0 saturated heterocycles. The third-order valence-corrected chi connectivity index (χ3v) is 3.51. The van der Waals surface area contributed by atoms with Crippen LogP contribution in [-0.4, -0.2) is 17.4 Å². The number of phenolic OH excluding ortho intramolecular Hbond substituents is 1. The lowest BCUT2D eigenvalue weighted by Crippen LogP contribution is -2.39. The van der Waals surface area contributed by atoms with E-state index in [9.17, 15) is 9.90 Å². The second-order valence-corrected chi connectivity index (χ2v) is 5.69. The lowest BCUT2D eigenvalue weighted by Gasteiger charge is -2.17. The first-order valence-electron chi connectivity index (χ1n) is 6.73. The van der Waals surface area contributed by atoms with Crippen LogP contribution in [0.25, 0.3) is 0 Å². The Labute approximate surface area is 137 Å². The van der Waals surface area contributed by atoms with E-state index >= 15 is 0 Å². The third-order valence-electron chi connectivity index (χ3n) is 2.86. The van der Waals surface area contributed by atoms with Gasteiger partial charge in [0.1, 0.15) is 11.5 Å². The Morgan fingerprint density at radius 2 is 1.91 bits per heavy atom. The van der Waals surface area contributed by atoms with Gasteiger partial charge >= 0.3 is 6.03 Å². The van der Waals surface area contributed by atoms with E-state index in [0.29, 0.717) is 11.4 Å². The van der Waals surface area contributed by atoms with Gasteiger partial charge in [-0.05, 0) is 71.7 Å². The van der Waals surface area contributed by atoms with Gasteiger partial charge in [0.05, 0.1) is 5.69 Å². The predicted molar refractivity (Wildman–Crippen MR) is 89.2 cm³/mol. The normalized spacial score (nSPS) is 11.6. The Hall–Kier alpha value is -2.21. The molecular formula is C16H17BrN2O3. The fourth-order valence-electron chi connectivity index (χ4n) is 1.82. The molecule has 2 aromatic carbocycles. The molecule has 6 heteroatoms. The molecule has 0 spiro atoms. The van der Waals surface area contributed by atoms with E-state index in [-0.39, 0.29) is 11.8 Å². The Kier molecular flexibility index (Phi) is 5.27. The molecule has 2 amide bonds. The molecule has 22 heavy (non-hydrogen) atoms. The lowest BCUT2D eigenvalue weighted by atomic mass is 10.2. The minimum atomic E-state index is -0.520. The Balaban J connectivity index is 1.89. The molecule has 0 aliphatic rings. The number of carbonyl (C=O) groups is 1. The number of aromatic hydroxyl groups is 1. The summed E-state index contributed by atoms with van der Waals surface area (Å²) in [6, 6.07) is 11.6. The monoisotopic (exact) mass is 364 g/mol. The Morgan fingerprint density at radius 1 is 1.23 bits per heavy atom. The number of urea groups is 1. The highest BCUT2D eigenvalue weighted by Gasteiger charge is 2.10. The standard InChI is InChI=1S/C16H17BrN2O3/c1-10-3-8-15(14(17)9-10)19-16(21)18-11(2)22-13-6-4-12(20)5-7-13/h3-9,11,20H,1-2H3,(H2,18,19,21). The first kappa shape index (κ1) is 16.2. The molecule has 1 unspecified atom stereocenters. The molecular weight excluding hydrogens is 348 g/mol. The average Bonchev–Trinajstić information content (AvgIpc) is 2.44. The minimum Gasteiger partial charge on any atom is -0.508 e. The van der Waals surface area contributed by atoms with Crippen molar-refractivity contribution < 1.29 is 14.6 Å². The van der Waals surface area contributed by atoms with E-state index in [2.05, 4.69) is 26.6 Å². The van der Waals surface area contributed by atoms with Crippen molar-refractivity contribution in [2.24, 2.45) is 0 Å². The van der Waals surface area contributed by atoms with Crippen molar-refractivity contribution in [3.05, 3.63) is 52.5 Å². The van der Waals surface area contributed by atoms with Crippen molar-refractivity contribution in [1.82, 2.24) is 5.32 Å². The highest BCUT2D eigenvalue weighted by atomic mass is 79.9. The zero-order chi connectivity index (χ0) is 16.1. The van der Waals surface area contributed by atoms with E-state index in [1.54, 1.807) is 19.1 Å². The molecule has 0 aromatic heterocycles. The first-order valence-corrected chi connectivity index (χ1v) is 7.52. The number of rotatable bonds is 4. The van der Waals surface area contributed by atoms with Gasteiger partial charge in [-0.2, -0.15) is 0 Å². The third kappa shape index (κ3) is 4.66. The maximum absolute atomic E-state index is 11.9. The molecule has 0 saturated carbocycles. The molecule has 0 aliphatic heterocycles. The summed E-state index contributed by atoms with van der Waals surface area (Å²) in [5.41, 5.74) is 1.78. The molecule has 0 aliphatic carbocycles. The molecule has 3 N–H and O–H groups in total. The van der Waals surface area contributed by atoms with Gasteiger partial charge in [0.2, 0.25) is 0 Å². The Morgan fingerprint density at radius 3 is 2.55 bits per heavy atom. The zero-order valence-electron chi connectivity index (χ0n) is 12.3. The number of amides is 2. The molecule has 2 rings (SSSR count). The summed E-state index contributed by atoms with van der Waals surface area (Å²) in [5, 5.41) is 14.6. The van der Waals surface area contributed by atoms with Crippen molar-refractivity contribution >= 4 is 27.6 Å². The molecule has 5 nitrogen and oxygen atoms in total. The number of anilines is 1. The maximum atomic E-state index is 11.9. The number of halogens is 1. The van der Waals surface area contributed by atoms with Crippen LogP contribution in [0.3, 0.4) is 0 Å². The molecule has 116 valence electrons. The summed E-state index contributed by atoms with van der Waals surface area (Å²) < 4.78 is 6.35. The Bertz CT molecular complexity index is 659. The number of phenols is 1. The number of benzene rings is 2. The number of ether oxygens (including phenoxy) is 1. The molecule has 2 aromatic rings.